The van der Waals surface area contributed by atoms with Gasteiger partial charge in [0.15, 0.2) is 0 Å². The summed E-state index contributed by atoms with van der Waals surface area (Å²) in [4.78, 5) is 0. The van der Waals surface area contributed by atoms with Gasteiger partial charge in [-0.15, -0.1) is 13.2 Å². The topological polar surface area (TPSA) is 0 Å². The summed E-state index contributed by atoms with van der Waals surface area (Å²) < 4.78 is 0. The molecule has 0 saturated carbocycles. The molecule has 0 aromatic rings. The van der Waals surface area contributed by atoms with Gasteiger partial charge in [0.25, 0.3) is 0 Å². The van der Waals surface area contributed by atoms with Gasteiger partial charge in [-0.1, -0.05) is 81.1 Å². The van der Waals surface area contributed by atoms with E-state index in [-0.39, 0.29) is 0 Å². The lowest BCUT2D eigenvalue weighted by Gasteiger charge is -1.79. The van der Waals surface area contributed by atoms with Crippen LogP contribution in [0.1, 0.15) is 81.1 Å². The molecule has 0 saturated heterocycles. The van der Waals surface area contributed by atoms with E-state index in [9.17, 15) is 0 Å². The van der Waals surface area contributed by atoms with E-state index in [0.29, 0.717) is 0 Å². The van der Waals surface area contributed by atoms with Crippen molar-refractivity contribution in [3.05, 3.63) is 13.2 Å². The van der Waals surface area contributed by atoms with Crippen molar-refractivity contribution in [2.75, 3.05) is 0 Å². The Hall–Kier alpha value is -0.260. The van der Waals surface area contributed by atoms with E-state index in [1.807, 2.05) is 27.7 Å². The Bertz CT molecular complexity index is 21.2. The minimum atomic E-state index is 1.25. The maximum absolute atomic E-state index is 3.00. The molecule has 0 heteroatoms. The Morgan fingerprint density at radius 2 is 0.786 bits per heavy atom. The number of rotatable bonds is 2. The van der Waals surface area contributed by atoms with E-state index in [1.54, 1.807) is 0 Å². The minimum Gasteiger partial charge on any atom is -0.106 e. The zero-order chi connectivity index (χ0) is 12.8. The van der Waals surface area contributed by atoms with Gasteiger partial charge in [0.2, 0.25) is 0 Å². The Labute approximate surface area is 94.8 Å². The molecule has 0 bridgehead atoms. The molecule has 0 aliphatic carbocycles. The van der Waals surface area contributed by atoms with Gasteiger partial charge in [0.05, 0.1) is 0 Å². The summed E-state index contributed by atoms with van der Waals surface area (Å²) in [6, 6.07) is 0. The molecule has 0 rings (SSSR count). The van der Waals surface area contributed by atoms with E-state index in [2.05, 4.69) is 40.9 Å². The summed E-state index contributed by atoms with van der Waals surface area (Å²) in [7, 11) is 0. The summed E-state index contributed by atoms with van der Waals surface area (Å²) in [5, 5.41) is 0. The summed E-state index contributed by atoms with van der Waals surface area (Å²) in [6.45, 7) is 22.7. The first-order valence-corrected chi connectivity index (χ1v) is 6.33. The van der Waals surface area contributed by atoms with Crippen LogP contribution in [0.4, 0.5) is 0 Å². The van der Waals surface area contributed by atoms with Crippen LogP contribution in [0.3, 0.4) is 0 Å². The predicted molar refractivity (Wildman–Crippen MR) is 75.1 cm³/mol. The Kier molecular flexibility index (Phi) is 262. The lowest BCUT2D eigenvalue weighted by atomic mass is 10.3. The normalized spacial score (nSPS) is 5.43. The second kappa shape index (κ2) is 126. The second-order valence-corrected chi connectivity index (χ2v) is 2.06. The molecule has 92 valence electrons. The smallest absolute Gasteiger partial charge is 0.0538 e. The SMILES string of the molecule is C=C.CC.CC.CCC.CCCCC. The summed E-state index contributed by atoms with van der Waals surface area (Å²) >= 11 is 0. The number of hydrogen-bond acceptors (Lipinski definition) is 0. The average Bonchev–Trinajstić information content (AvgIpc) is 2.29. The third-order valence-corrected chi connectivity index (χ3v) is 0.707. The van der Waals surface area contributed by atoms with Crippen LogP contribution in [0.5, 0.6) is 0 Å². The third kappa shape index (κ3) is 447. The molecule has 14 heavy (non-hydrogen) atoms. The van der Waals surface area contributed by atoms with Crippen molar-refractivity contribution in [1.82, 2.24) is 0 Å². The number of hydrogen-bond donors (Lipinski definition) is 0. The lowest BCUT2D eigenvalue weighted by Crippen LogP contribution is -1.59. The van der Waals surface area contributed by atoms with Gasteiger partial charge in [-0.05, 0) is 0 Å². The van der Waals surface area contributed by atoms with E-state index >= 15 is 0 Å². The summed E-state index contributed by atoms with van der Waals surface area (Å²) in [5.41, 5.74) is 0. The largest absolute Gasteiger partial charge is 0.106 e. The molecule has 0 heterocycles. The molecule has 0 aliphatic rings. The fourth-order valence-corrected chi connectivity index (χ4v) is 0.354. The van der Waals surface area contributed by atoms with E-state index < -0.39 is 0 Å². The lowest BCUT2D eigenvalue weighted by molar-refractivity contribution is 0.772. The van der Waals surface area contributed by atoms with Crippen LogP contribution < -0.4 is 0 Å². The van der Waals surface area contributed by atoms with E-state index in [0.717, 1.165) is 0 Å². The molecule has 0 radical (unpaired) electrons. The maximum Gasteiger partial charge on any atom is -0.0538 e. The quantitative estimate of drug-likeness (QED) is 0.452. The van der Waals surface area contributed by atoms with E-state index in [4.69, 9.17) is 0 Å². The fraction of sp³-hybridized carbons (Fsp3) is 0.857. The molecular weight excluding hydrogens is 168 g/mol. The number of unbranched alkanes of at least 4 members (excludes halogenated alkanes) is 2. The Morgan fingerprint density at radius 1 is 0.643 bits per heavy atom. The first-order chi connectivity index (χ1) is 6.83. The Balaban J connectivity index is -0.0000000263. The van der Waals surface area contributed by atoms with Crippen LogP contribution in [-0.4, -0.2) is 0 Å². The van der Waals surface area contributed by atoms with Crippen LogP contribution in [0.25, 0.3) is 0 Å². The van der Waals surface area contributed by atoms with Crippen LogP contribution in [-0.2, 0) is 0 Å². The van der Waals surface area contributed by atoms with Gasteiger partial charge >= 0.3 is 0 Å². The van der Waals surface area contributed by atoms with Crippen molar-refractivity contribution in [2.45, 2.75) is 81.1 Å². The van der Waals surface area contributed by atoms with Gasteiger partial charge in [0.1, 0.15) is 0 Å². The highest BCUT2D eigenvalue weighted by Crippen LogP contribution is 1.88. The fourth-order valence-electron chi connectivity index (χ4n) is 0.354. The molecule has 0 nitrogen and oxygen atoms in total. The molecule has 0 atom stereocenters. The minimum absolute atomic E-state index is 1.25. The summed E-state index contributed by atoms with van der Waals surface area (Å²) in [5.74, 6) is 0. The molecule has 0 amide bonds. The van der Waals surface area contributed by atoms with Crippen molar-refractivity contribution < 1.29 is 0 Å². The molecule has 0 aromatic heterocycles. The molecular formula is C14H36. The van der Waals surface area contributed by atoms with E-state index in [1.165, 1.54) is 25.7 Å². The van der Waals surface area contributed by atoms with Crippen LogP contribution >= 0.6 is 0 Å². The predicted octanol–water partition coefficient (Wildman–Crippen LogP) is 6.47. The second-order valence-electron chi connectivity index (χ2n) is 2.06. The highest BCUT2D eigenvalue weighted by molar-refractivity contribution is 4.24. The molecule has 0 aromatic carbocycles. The van der Waals surface area contributed by atoms with Gasteiger partial charge in [0, 0.05) is 0 Å². The standard InChI is InChI=1S/C5H12.C3H8.2C2H6.C2H4/c1-3-5-4-2;1-3-2;3*1-2/h3-5H2,1-2H3;3H2,1-2H3;2*1-2H3;1-2H2. The maximum atomic E-state index is 3.00. The molecule has 0 spiro atoms. The van der Waals surface area contributed by atoms with Crippen molar-refractivity contribution in [1.29, 1.82) is 0 Å². The third-order valence-electron chi connectivity index (χ3n) is 0.707. The van der Waals surface area contributed by atoms with Crippen LogP contribution in [0.15, 0.2) is 13.2 Å². The van der Waals surface area contributed by atoms with Gasteiger partial charge in [-0.25, -0.2) is 0 Å². The van der Waals surface area contributed by atoms with Gasteiger partial charge < -0.3 is 0 Å². The van der Waals surface area contributed by atoms with Crippen molar-refractivity contribution in [3.63, 3.8) is 0 Å². The highest BCUT2D eigenvalue weighted by Gasteiger charge is 1.68. The van der Waals surface area contributed by atoms with Crippen molar-refractivity contribution in [3.8, 4) is 0 Å². The van der Waals surface area contributed by atoms with Crippen LogP contribution in [0, 0.1) is 0 Å². The molecule has 0 aliphatic heterocycles. The van der Waals surface area contributed by atoms with Crippen molar-refractivity contribution in [2.24, 2.45) is 0 Å². The van der Waals surface area contributed by atoms with Gasteiger partial charge in [-0.2, -0.15) is 0 Å². The molecule has 0 unspecified atom stereocenters. The Morgan fingerprint density at radius 3 is 0.786 bits per heavy atom. The summed E-state index contributed by atoms with van der Waals surface area (Å²) in [6.07, 6.45) is 5.33. The first-order valence-electron chi connectivity index (χ1n) is 6.33. The molecule has 0 N–H and O–H groups in total. The van der Waals surface area contributed by atoms with Crippen LogP contribution in [0.2, 0.25) is 0 Å². The zero-order valence-corrected chi connectivity index (χ0v) is 12.2. The zero-order valence-electron chi connectivity index (χ0n) is 12.2. The van der Waals surface area contributed by atoms with Crippen molar-refractivity contribution >= 4 is 0 Å². The molecule has 0 fully saturated rings. The average molecular weight is 204 g/mol. The van der Waals surface area contributed by atoms with Gasteiger partial charge in [-0.3, -0.25) is 0 Å². The monoisotopic (exact) mass is 204 g/mol. The highest BCUT2D eigenvalue weighted by atomic mass is 13.7. The first kappa shape index (κ1) is 29.2.